The smallest absolute Gasteiger partial charge is 0.255 e. The van der Waals surface area contributed by atoms with Crippen LogP contribution in [0.1, 0.15) is 18.4 Å². The zero-order valence-corrected chi connectivity index (χ0v) is 15.2. The van der Waals surface area contributed by atoms with Crippen molar-refractivity contribution in [2.75, 3.05) is 39.1 Å². The minimum atomic E-state index is -0.815. The van der Waals surface area contributed by atoms with Gasteiger partial charge in [0.15, 0.2) is 0 Å². The molecule has 1 aliphatic heterocycles. The van der Waals surface area contributed by atoms with Crippen molar-refractivity contribution in [3.63, 3.8) is 0 Å². The first-order valence-corrected chi connectivity index (χ1v) is 7.85. The summed E-state index contributed by atoms with van der Waals surface area (Å²) in [4.78, 5) is 26.2. The number of benzene rings is 1. The monoisotopic (exact) mass is 355 g/mol. The first-order chi connectivity index (χ1) is 11.0. The van der Waals surface area contributed by atoms with Crippen LogP contribution in [0.3, 0.4) is 0 Å². The molecule has 6 nitrogen and oxygen atoms in total. The molecule has 0 spiro atoms. The van der Waals surface area contributed by atoms with Gasteiger partial charge in [-0.15, -0.1) is 12.4 Å². The molecule has 0 atom stereocenters. The van der Waals surface area contributed by atoms with E-state index in [0.717, 1.165) is 24.3 Å². The van der Waals surface area contributed by atoms with Gasteiger partial charge in [0.1, 0.15) is 5.60 Å². The Bertz CT molecular complexity index is 557. The molecule has 1 aromatic rings. The molecule has 0 bridgehead atoms. The number of piperidine rings is 1. The number of amides is 2. The first kappa shape index (κ1) is 20.4. The molecule has 0 unspecified atom stereocenters. The lowest BCUT2D eigenvalue weighted by Crippen LogP contribution is -2.55. The minimum Gasteiger partial charge on any atom is -0.368 e. The minimum absolute atomic E-state index is 0. The van der Waals surface area contributed by atoms with E-state index in [0.29, 0.717) is 12.8 Å². The maximum absolute atomic E-state index is 12.7. The molecule has 0 aromatic heterocycles. The van der Waals surface area contributed by atoms with Gasteiger partial charge in [-0.2, -0.15) is 0 Å². The Labute approximate surface area is 149 Å². The molecule has 1 saturated heterocycles. The van der Waals surface area contributed by atoms with Gasteiger partial charge in [0.2, 0.25) is 5.91 Å². The highest BCUT2D eigenvalue weighted by atomic mass is 35.5. The van der Waals surface area contributed by atoms with Crippen molar-refractivity contribution >= 4 is 29.9 Å². The Morgan fingerprint density at radius 3 is 2.38 bits per heavy atom. The number of rotatable bonds is 5. The Morgan fingerprint density at radius 2 is 1.83 bits per heavy atom. The molecule has 0 radical (unpaired) electrons. The van der Waals surface area contributed by atoms with Crippen LogP contribution in [-0.2, 0) is 14.3 Å². The molecule has 1 aromatic carbocycles. The molecule has 7 heteroatoms. The Kier molecular flexibility index (Phi) is 7.66. The average Bonchev–Trinajstić information content (AvgIpc) is 2.56. The van der Waals surface area contributed by atoms with Crippen LogP contribution in [0.2, 0.25) is 0 Å². The van der Waals surface area contributed by atoms with Gasteiger partial charge in [-0.25, -0.2) is 0 Å². The SMILES string of the molecule is COC1(C(=O)N(C)CC(=O)Nc2ccc(C)cc2)CCNCC1.Cl. The molecule has 2 amide bonds. The molecular formula is C17H26ClN3O3. The maximum atomic E-state index is 12.7. The van der Waals surface area contributed by atoms with Gasteiger partial charge in [-0.3, -0.25) is 9.59 Å². The number of nitrogens with one attached hydrogen (secondary N) is 2. The lowest BCUT2D eigenvalue weighted by molar-refractivity contribution is -0.157. The van der Waals surface area contributed by atoms with Crippen molar-refractivity contribution in [2.24, 2.45) is 0 Å². The second-order valence-corrected chi connectivity index (χ2v) is 6.02. The Balaban J connectivity index is 0.00000288. The lowest BCUT2D eigenvalue weighted by Gasteiger charge is -2.37. The van der Waals surface area contributed by atoms with Crippen LogP contribution in [0, 0.1) is 6.92 Å². The topological polar surface area (TPSA) is 70.7 Å². The van der Waals surface area contributed by atoms with Gasteiger partial charge in [0, 0.05) is 19.8 Å². The zero-order valence-electron chi connectivity index (χ0n) is 14.4. The van der Waals surface area contributed by atoms with Crippen molar-refractivity contribution in [2.45, 2.75) is 25.4 Å². The Morgan fingerprint density at radius 1 is 1.25 bits per heavy atom. The number of nitrogens with zero attached hydrogens (tertiary/aromatic N) is 1. The second kappa shape index (κ2) is 9.01. The van der Waals surface area contributed by atoms with Crippen LogP contribution < -0.4 is 10.6 Å². The highest BCUT2D eigenvalue weighted by molar-refractivity contribution is 5.95. The first-order valence-electron chi connectivity index (χ1n) is 7.85. The average molecular weight is 356 g/mol. The van der Waals surface area contributed by atoms with E-state index >= 15 is 0 Å². The summed E-state index contributed by atoms with van der Waals surface area (Å²) in [6.45, 7) is 3.47. The number of hydrogen-bond donors (Lipinski definition) is 2. The molecule has 2 rings (SSSR count). The third-order valence-corrected chi connectivity index (χ3v) is 4.25. The quantitative estimate of drug-likeness (QED) is 0.841. The summed E-state index contributed by atoms with van der Waals surface area (Å²) in [6.07, 6.45) is 1.23. The van der Waals surface area contributed by atoms with Crippen LogP contribution >= 0.6 is 12.4 Å². The number of likely N-dealkylation sites (N-methyl/N-ethyl adjacent to an activating group) is 1. The van der Waals surface area contributed by atoms with Crippen LogP contribution in [0.5, 0.6) is 0 Å². The molecular weight excluding hydrogens is 330 g/mol. The normalized spacial score (nSPS) is 16.0. The van der Waals surface area contributed by atoms with E-state index in [1.54, 1.807) is 14.2 Å². The number of methoxy groups -OCH3 is 1. The van der Waals surface area contributed by atoms with E-state index in [1.807, 2.05) is 31.2 Å². The predicted octanol–water partition coefficient (Wildman–Crippen LogP) is 1.58. The van der Waals surface area contributed by atoms with E-state index < -0.39 is 5.60 Å². The summed E-state index contributed by atoms with van der Waals surface area (Å²) >= 11 is 0. The van der Waals surface area contributed by atoms with Gasteiger partial charge in [-0.05, 0) is 45.0 Å². The molecule has 0 saturated carbocycles. The lowest BCUT2D eigenvalue weighted by atomic mass is 9.90. The summed E-state index contributed by atoms with van der Waals surface area (Å²) < 4.78 is 5.51. The van der Waals surface area contributed by atoms with Crippen molar-refractivity contribution in [1.82, 2.24) is 10.2 Å². The molecule has 24 heavy (non-hydrogen) atoms. The number of carbonyl (C=O) groups excluding carboxylic acids is 2. The van der Waals surface area contributed by atoms with Crippen molar-refractivity contribution < 1.29 is 14.3 Å². The zero-order chi connectivity index (χ0) is 16.9. The highest BCUT2D eigenvalue weighted by Gasteiger charge is 2.41. The van der Waals surface area contributed by atoms with Gasteiger partial charge in [0.05, 0.1) is 6.54 Å². The number of anilines is 1. The third kappa shape index (κ3) is 4.93. The summed E-state index contributed by atoms with van der Waals surface area (Å²) in [7, 11) is 3.20. The predicted molar refractivity (Wildman–Crippen MR) is 96.5 cm³/mol. The number of hydrogen-bond acceptors (Lipinski definition) is 4. The fraction of sp³-hybridized carbons (Fsp3) is 0.529. The van der Waals surface area contributed by atoms with Gasteiger partial charge >= 0.3 is 0 Å². The fourth-order valence-corrected chi connectivity index (χ4v) is 2.81. The standard InChI is InChI=1S/C17H25N3O3.ClH/c1-13-4-6-14(7-5-13)19-15(21)12-20(2)16(22)17(23-3)8-10-18-11-9-17;/h4-7,18H,8-12H2,1-3H3,(H,19,21);1H. The van der Waals surface area contributed by atoms with Crippen LogP contribution in [0.15, 0.2) is 24.3 Å². The number of aryl methyl sites for hydroxylation is 1. The molecule has 2 N–H and O–H groups in total. The number of ether oxygens (including phenoxy) is 1. The highest BCUT2D eigenvalue weighted by Crippen LogP contribution is 2.24. The molecule has 0 aliphatic carbocycles. The van der Waals surface area contributed by atoms with E-state index in [2.05, 4.69) is 10.6 Å². The van der Waals surface area contributed by atoms with E-state index in [1.165, 1.54) is 4.90 Å². The van der Waals surface area contributed by atoms with E-state index in [-0.39, 0.29) is 30.8 Å². The number of carbonyl (C=O) groups is 2. The third-order valence-electron chi connectivity index (χ3n) is 4.25. The molecule has 134 valence electrons. The van der Waals surface area contributed by atoms with Gasteiger partial charge in [-0.1, -0.05) is 17.7 Å². The molecule has 1 aliphatic rings. The second-order valence-electron chi connectivity index (χ2n) is 6.02. The van der Waals surface area contributed by atoms with E-state index in [4.69, 9.17) is 4.74 Å². The van der Waals surface area contributed by atoms with E-state index in [9.17, 15) is 9.59 Å². The maximum Gasteiger partial charge on any atom is 0.255 e. The van der Waals surface area contributed by atoms with Crippen molar-refractivity contribution in [1.29, 1.82) is 0 Å². The van der Waals surface area contributed by atoms with Crippen LogP contribution in [0.25, 0.3) is 0 Å². The van der Waals surface area contributed by atoms with Crippen LogP contribution in [-0.4, -0.2) is 56.1 Å². The van der Waals surface area contributed by atoms with Gasteiger partial charge < -0.3 is 20.3 Å². The fourth-order valence-electron chi connectivity index (χ4n) is 2.81. The number of halogens is 1. The summed E-state index contributed by atoms with van der Waals surface area (Å²) in [5, 5.41) is 6.02. The van der Waals surface area contributed by atoms with Gasteiger partial charge in [0.25, 0.3) is 5.91 Å². The largest absolute Gasteiger partial charge is 0.368 e. The van der Waals surface area contributed by atoms with Crippen molar-refractivity contribution in [3.8, 4) is 0 Å². The molecule has 1 heterocycles. The summed E-state index contributed by atoms with van der Waals surface area (Å²) in [5.74, 6) is -0.356. The summed E-state index contributed by atoms with van der Waals surface area (Å²) in [6, 6.07) is 7.55. The summed E-state index contributed by atoms with van der Waals surface area (Å²) in [5.41, 5.74) is 1.04. The van der Waals surface area contributed by atoms with Crippen LogP contribution in [0.4, 0.5) is 5.69 Å². The Hall–Kier alpha value is -1.63. The van der Waals surface area contributed by atoms with Crippen molar-refractivity contribution in [3.05, 3.63) is 29.8 Å². The molecule has 1 fully saturated rings.